The number of rotatable bonds is 2. The van der Waals surface area contributed by atoms with E-state index in [1.54, 1.807) is 0 Å². The number of benzene rings is 1. The van der Waals surface area contributed by atoms with E-state index in [-0.39, 0.29) is 12.1 Å². The molecule has 2 rings (SSSR count). The summed E-state index contributed by atoms with van der Waals surface area (Å²) in [4.78, 5) is 2.20. The average molecular weight is 206 g/mol. The molecule has 0 saturated carbocycles. The molecule has 1 aliphatic heterocycles. The summed E-state index contributed by atoms with van der Waals surface area (Å²) in [6.07, 6.45) is 0.624. The first-order valence-corrected chi connectivity index (χ1v) is 5.39. The lowest BCUT2D eigenvalue weighted by Crippen LogP contribution is -2.23. The predicted octanol–water partition coefficient (Wildman–Crippen LogP) is 0.883. The first kappa shape index (κ1) is 10.6. The molecule has 3 N–H and O–H groups in total. The quantitative estimate of drug-likeness (QED) is 0.755. The van der Waals surface area contributed by atoms with Crippen molar-refractivity contribution in [1.29, 1.82) is 0 Å². The maximum Gasteiger partial charge on any atom is 0.0749 e. The number of hydrogen-bond acceptors (Lipinski definition) is 3. The number of aliphatic hydroxyl groups excluding tert-OH is 1. The summed E-state index contributed by atoms with van der Waals surface area (Å²) < 4.78 is 0. The summed E-state index contributed by atoms with van der Waals surface area (Å²) in [5, 5.41) is 9.87. The van der Waals surface area contributed by atoms with Crippen LogP contribution in [0.1, 0.15) is 23.6 Å². The lowest BCUT2D eigenvalue weighted by Gasteiger charge is -2.22. The van der Waals surface area contributed by atoms with E-state index >= 15 is 0 Å². The van der Waals surface area contributed by atoms with Crippen molar-refractivity contribution in [3.8, 4) is 0 Å². The van der Waals surface area contributed by atoms with Gasteiger partial charge in [-0.25, -0.2) is 0 Å². The highest BCUT2D eigenvalue weighted by Gasteiger charge is 2.31. The zero-order valence-corrected chi connectivity index (χ0v) is 9.06. The van der Waals surface area contributed by atoms with E-state index in [9.17, 15) is 5.11 Å². The topological polar surface area (TPSA) is 49.5 Å². The van der Waals surface area contributed by atoms with Gasteiger partial charge in [-0.15, -0.1) is 0 Å². The first-order valence-electron chi connectivity index (χ1n) is 5.39. The van der Waals surface area contributed by atoms with Crippen LogP contribution in [-0.2, 0) is 6.54 Å². The standard InChI is InChI=1S/C12H18N2O/c1-14-7-6-11(15)12(14)10-4-2-9(8-13)3-5-10/h2-5,11-12,15H,6-8,13H2,1H3. The van der Waals surface area contributed by atoms with E-state index < -0.39 is 0 Å². The third-order valence-electron chi connectivity index (χ3n) is 3.17. The molecule has 1 aliphatic rings. The Kier molecular flexibility index (Phi) is 3.05. The Morgan fingerprint density at radius 2 is 2.07 bits per heavy atom. The minimum Gasteiger partial charge on any atom is -0.391 e. The lowest BCUT2D eigenvalue weighted by atomic mass is 10.0. The Hall–Kier alpha value is -0.900. The lowest BCUT2D eigenvalue weighted by molar-refractivity contribution is 0.127. The summed E-state index contributed by atoms with van der Waals surface area (Å²) in [6, 6.07) is 8.36. The molecule has 3 nitrogen and oxygen atoms in total. The molecular weight excluding hydrogens is 188 g/mol. The van der Waals surface area contributed by atoms with E-state index in [2.05, 4.69) is 24.1 Å². The molecule has 1 aromatic carbocycles. The summed E-state index contributed by atoms with van der Waals surface area (Å²) in [5.74, 6) is 0. The van der Waals surface area contributed by atoms with E-state index in [1.165, 1.54) is 5.56 Å². The van der Waals surface area contributed by atoms with Crippen molar-refractivity contribution in [1.82, 2.24) is 4.90 Å². The first-order chi connectivity index (χ1) is 7.22. The fourth-order valence-electron chi connectivity index (χ4n) is 2.25. The molecule has 0 radical (unpaired) electrons. The van der Waals surface area contributed by atoms with Gasteiger partial charge in [-0.2, -0.15) is 0 Å². The number of aliphatic hydroxyl groups is 1. The van der Waals surface area contributed by atoms with Gasteiger partial charge in [-0.05, 0) is 24.6 Å². The smallest absolute Gasteiger partial charge is 0.0749 e. The molecule has 1 saturated heterocycles. The van der Waals surface area contributed by atoms with Crippen LogP contribution in [0, 0.1) is 0 Å². The van der Waals surface area contributed by atoms with E-state index in [0.717, 1.165) is 18.5 Å². The monoisotopic (exact) mass is 206 g/mol. The third kappa shape index (κ3) is 2.04. The van der Waals surface area contributed by atoms with Crippen molar-refractivity contribution >= 4 is 0 Å². The van der Waals surface area contributed by atoms with Gasteiger partial charge in [0.1, 0.15) is 0 Å². The highest BCUT2D eigenvalue weighted by Crippen LogP contribution is 2.30. The van der Waals surface area contributed by atoms with Crippen molar-refractivity contribution in [2.45, 2.75) is 25.1 Å². The minimum absolute atomic E-state index is 0.150. The number of likely N-dealkylation sites (tertiary alicyclic amines) is 1. The van der Waals surface area contributed by atoms with Gasteiger partial charge in [-0.1, -0.05) is 24.3 Å². The second kappa shape index (κ2) is 4.31. The zero-order valence-electron chi connectivity index (χ0n) is 9.06. The summed E-state index contributed by atoms with van der Waals surface area (Å²) in [5.41, 5.74) is 7.86. The molecule has 2 unspecified atom stereocenters. The second-order valence-electron chi connectivity index (χ2n) is 4.23. The van der Waals surface area contributed by atoms with E-state index in [4.69, 9.17) is 5.73 Å². The van der Waals surface area contributed by atoms with Crippen molar-refractivity contribution in [2.75, 3.05) is 13.6 Å². The fourth-order valence-corrected chi connectivity index (χ4v) is 2.25. The summed E-state index contributed by atoms with van der Waals surface area (Å²) in [7, 11) is 2.05. The molecular formula is C12H18N2O. The maximum absolute atomic E-state index is 9.87. The molecule has 2 atom stereocenters. The number of hydrogen-bond donors (Lipinski definition) is 2. The molecule has 0 amide bonds. The Bertz CT molecular complexity index is 313. The Balaban J connectivity index is 2.21. The average Bonchev–Trinajstić information content (AvgIpc) is 2.59. The van der Waals surface area contributed by atoms with Crippen LogP contribution in [0.15, 0.2) is 24.3 Å². The SMILES string of the molecule is CN1CCC(O)C1c1ccc(CN)cc1. The minimum atomic E-state index is -0.237. The fraction of sp³-hybridized carbons (Fsp3) is 0.500. The number of nitrogens with two attached hydrogens (primary N) is 1. The Morgan fingerprint density at radius 3 is 2.53 bits per heavy atom. The number of likely N-dealkylation sites (N-methyl/N-ethyl adjacent to an activating group) is 1. The molecule has 1 heterocycles. The van der Waals surface area contributed by atoms with E-state index in [1.807, 2.05) is 12.1 Å². The van der Waals surface area contributed by atoms with Crippen molar-refractivity contribution in [3.05, 3.63) is 35.4 Å². The van der Waals surface area contributed by atoms with Crippen molar-refractivity contribution < 1.29 is 5.11 Å². The van der Waals surface area contributed by atoms with Crippen LogP contribution in [0.25, 0.3) is 0 Å². The molecule has 3 heteroatoms. The van der Waals surface area contributed by atoms with Gasteiger partial charge in [0.25, 0.3) is 0 Å². The largest absolute Gasteiger partial charge is 0.391 e. The molecule has 1 fully saturated rings. The van der Waals surface area contributed by atoms with E-state index in [0.29, 0.717) is 6.54 Å². The van der Waals surface area contributed by atoms with Crippen molar-refractivity contribution in [3.63, 3.8) is 0 Å². The second-order valence-corrected chi connectivity index (χ2v) is 4.23. The zero-order chi connectivity index (χ0) is 10.8. The summed E-state index contributed by atoms with van der Waals surface area (Å²) >= 11 is 0. The molecule has 1 aromatic rings. The van der Waals surface area contributed by atoms with Crippen LogP contribution in [0.2, 0.25) is 0 Å². The highest BCUT2D eigenvalue weighted by molar-refractivity contribution is 5.26. The summed E-state index contributed by atoms with van der Waals surface area (Å²) in [6.45, 7) is 1.54. The van der Waals surface area contributed by atoms with Crippen LogP contribution in [0.3, 0.4) is 0 Å². The third-order valence-corrected chi connectivity index (χ3v) is 3.17. The van der Waals surface area contributed by atoms with Gasteiger partial charge in [0.2, 0.25) is 0 Å². The molecule has 15 heavy (non-hydrogen) atoms. The normalized spacial score (nSPS) is 27.1. The van der Waals surface area contributed by atoms with Crippen molar-refractivity contribution in [2.24, 2.45) is 5.73 Å². The van der Waals surface area contributed by atoms with Gasteiger partial charge in [0.05, 0.1) is 12.1 Å². The molecule has 82 valence electrons. The maximum atomic E-state index is 9.87. The van der Waals surface area contributed by atoms with Gasteiger partial charge in [0.15, 0.2) is 0 Å². The molecule has 0 aromatic heterocycles. The Labute approximate surface area is 90.5 Å². The van der Waals surface area contributed by atoms with Crippen LogP contribution < -0.4 is 5.73 Å². The molecule has 0 bridgehead atoms. The van der Waals surface area contributed by atoms with Gasteiger partial charge in [0, 0.05) is 13.1 Å². The van der Waals surface area contributed by atoms with Gasteiger partial charge >= 0.3 is 0 Å². The molecule has 0 aliphatic carbocycles. The predicted molar refractivity (Wildman–Crippen MR) is 60.3 cm³/mol. The van der Waals surface area contributed by atoms with Gasteiger partial charge < -0.3 is 10.8 Å². The highest BCUT2D eigenvalue weighted by atomic mass is 16.3. The Morgan fingerprint density at radius 1 is 1.40 bits per heavy atom. The molecule has 0 spiro atoms. The van der Waals surface area contributed by atoms with Crippen LogP contribution in [0.4, 0.5) is 0 Å². The van der Waals surface area contributed by atoms with Gasteiger partial charge in [-0.3, -0.25) is 4.90 Å². The van der Waals surface area contributed by atoms with Crippen LogP contribution >= 0.6 is 0 Å². The van der Waals surface area contributed by atoms with Crippen LogP contribution in [-0.4, -0.2) is 29.7 Å². The number of nitrogens with zero attached hydrogens (tertiary/aromatic N) is 1. The van der Waals surface area contributed by atoms with Crippen LogP contribution in [0.5, 0.6) is 0 Å².